The minimum atomic E-state index is -3.60. The van der Waals surface area contributed by atoms with E-state index in [0.29, 0.717) is 37.4 Å². The third-order valence-electron chi connectivity index (χ3n) is 4.82. The van der Waals surface area contributed by atoms with E-state index in [4.69, 9.17) is 0 Å². The second kappa shape index (κ2) is 5.56. The number of fused-ring (bicyclic) bond motifs is 1. The number of nitrogens with one attached hydrogen (secondary N) is 1. The summed E-state index contributed by atoms with van der Waals surface area (Å²) in [4.78, 5) is 25.5. The Morgan fingerprint density at radius 3 is 2.50 bits per heavy atom. The normalized spacial score (nSPS) is 21.5. The van der Waals surface area contributed by atoms with Crippen LogP contribution in [0.2, 0.25) is 0 Å². The van der Waals surface area contributed by atoms with Crippen molar-refractivity contribution in [2.75, 3.05) is 31.5 Å². The minimum Gasteiger partial charge on any atom is -0.340 e. The Balaban J connectivity index is 1.49. The molecule has 0 bridgehead atoms. The highest BCUT2D eigenvalue weighted by Crippen LogP contribution is 2.32. The molecular weight excluding hydrogens is 330 g/mol. The van der Waals surface area contributed by atoms with Crippen molar-refractivity contribution in [2.45, 2.75) is 24.2 Å². The molecule has 1 saturated heterocycles. The molecule has 2 fully saturated rings. The third-order valence-corrected chi connectivity index (χ3v) is 6.71. The molecule has 7 nitrogen and oxygen atoms in total. The van der Waals surface area contributed by atoms with Gasteiger partial charge in [0.1, 0.15) is 0 Å². The highest BCUT2D eigenvalue weighted by atomic mass is 32.2. The second-order valence-electron chi connectivity index (χ2n) is 6.55. The molecule has 0 spiro atoms. The zero-order chi connectivity index (χ0) is 16.9. The quantitative estimate of drug-likeness (QED) is 0.857. The fourth-order valence-corrected chi connectivity index (χ4v) is 4.73. The van der Waals surface area contributed by atoms with Gasteiger partial charge in [-0.1, -0.05) is 0 Å². The van der Waals surface area contributed by atoms with Gasteiger partial charge in [-0.15, -0.1) is 0 Å². The van der Waals surface area contributed by atoms with Crippen molar-refractivity contribution in [1.29, 1.82) is 0 Å². The van der Waals surface area contributed by atoms with E-state index in [0.717, 1.165) is 12.8 Å². The van der Waals surface area contributed by atoms with E-state index in [2.05, 4.69) is 5.32 Å². The van der Waals surface area contributed by atoms with Gasteiger partial charge in [-0.2, -0.15) is 4.31 Å². The van der Waals surface area contributed by atoms with Crippen molar-refractivity contribution < 1.29 is 18.0 Å². The highest BCUT2D eigenvalue weighted by molar-refractivity contribution is 7.89. The van der Waals surface area contributed by atoms with E-state index in [9.17, 15) is 18.0 Å². The van der Waals surface area contributed by atoms with Gasteiger partial charge >= 0.3 is 0 Å². The van der Waals surface area contributed by atoms with Crippen LogP contribution >= 0.6 is 0 Å². The van der Waals surface area contributed by atoms with Crippen molar-refractivity contribution >= 4 is 27.5 Å². The molecule has 1 aromatic carbocycles. The molecule has 2 amide bonds. The largest absolute Gasteiger partial charge is 0.340 e. The Morgan fingerprint density at radius 1 is 1.12 bits per heavy atom. The predicted molar refractivity (Wildman–Crippen MR) is 86.8 cm³/mol. The lowest BCUT2D eigenvalue weighted by Crippen LogP contribution is -2.50. The van der Waals surface area contributed by atoms with Crippen LogP contribution in [0.1, 0.15) is 18.4 Å². The molecule has 3 aliphatic rings. The molecule has 1 N–H and O–H groups in total. The Labute approximate surface area is 140 Å². The lowest BCUT2D eigenvalue weighted by Gasteiger charge is -2.34. The maximum atomic E-state index is 12.8. The fourth-order valence-electron chi connectivity index (χ4n) is 3.25. The van der Waals surface area contributed by atoms with Gasteiger partial charge in [0.05, 0.1) is 11.3 Å². The smallest absolute Gasteiger partial charge is 0.243 e. The number of carbonyl (C=O) groups excluding carboxylic acids is 2. The van der Waals surface area contributed by atoms with Crippen LogP contribution in [0.15, 0.2) is 23.1 Å². The molecule has 0 radical (unpaired) electrons. The van der Waals surface area contributed by atoms with E-state index in [-0.39, 0.29) is 29.0 Å². The lowest BCUT2D eigenvalue weighted by molar-refractivity contribution is -0.133. The summed E-state index contributed by atoms with van der Waals surface area (Å²) in [5, 5.41) is 2.70. The summed E-state index contributed by atoms with van der Waals surface area (Å²) in [7, 11) is -3.60. The van der Waals surface area contributed by atoms with Crippen molar-refractivity contribution in [2.24, 2.45) is 5.92 Å². The number of hydrogen-bond acceptors (Lipinski definition) is 4. The average molecular weight is 349 g/mol. The first-order chi connectivity index (χ1) is 11.4. The number of sulfonamides is 1. The van der Waals surface area contributed by atoms with Crippen LogP contribution in [0.4, 0.5) is 5.69 Å². The molecule has 0 atom stereocenters. The van der Waals surface area contributed by atoms with E-state index >= 15 is 0 Å². The molecule has 0 aromatic heterocycles. The Morgan fingerprint density at radius 2 is 1.83 bits per heavy atom. The third kappa shape index (κ3) is 2.69. The van der Waals surface area contributed by atoms with Gasteiger partial charge in [0, 0.05) is 37.8 Å². The first kappa shape index (κ1) is 15.6. The Kier molecular flexibility index (Phi) is 3.61. The number of hydrogen-bond donors (Lipinski definition) is 1. The van der Waals surface area contributed by atoms with E-state index < -0.39 is 10.0 Å². The summed E-state index contributed by atoms with van der Waals surface area (Å²) >= 11 is 0. The van der Waals surface area contributed by atoms with Gasteiger partial charge in [-0.25, -0.2) is 8.42 Å². The maximum Gasteiger partial charge on any atom is 0.243 e. The van der Waals surface area contributed by atoms with Gasteiger partial charge < -0.3 is 10.2 Å². The molecule has 2 aliphatic heterocycles. The molecule has 128 valence electrons. The molecule has 2 heterocycles. The van der Waals surface area contributed by atoms with Crippen LogP contribution in [0.3, 0.4) is 0 Å². The Bertz CT molecular complexity index is 809. The number of anilines is 1. The summed E-state index contributed by atoms with van der Waals surface area (Å²) < 4.78 is 27.0. The zero-order valence-electron chi connectivity index (χ0n) is 13.2. The lowest BCUT2D eigenvalue weighted by atomic mass is 10.2. The van der Waals surface area contributed by atoms with Gasteiger partial charge in [-0.05, 0) is 36.6 Å². The van der Waals surface area contributed by atoms with E-state index in [1.165, 1.54) is 10.4 Å². The molecule has 1 saturated carbocycles. The van der Waals surface area contributed by atoms with E-state index in [1.807, 2.05) is 0 Å². The van der Waals surface area contributed by atoms with Crippen LogP contribution in [0.25, 0.3) is 0 Å². The van der Waals surface area contributed by atoms with Crippen molar-refractivity contribution in [3.8, 4) is 0 Å². The number of nitrogens with zero attached hydrogens (tertiary/aromatic N) is 2. The van der Waals surface area contributed by atoms with Crippen molar-refractivity contribution in [1.82, 2.24) is 9.21 Å². The van der Waals surface area contributed by atoms with Crippen LogP contribution < -0.4 is 5.32 Å². The molecule has 4 rings (SSSR count). The van der Waals surface area contributed by atoms with Crippen molar-refractivity contribution in [3.63, 3.8) is 0 Å². The second-order valence-corrected chi connectivity index (χ2v) is 8.49. The first-order valence-corrected chi connectivity index (χ1v) is 9.61. The average Bonchev–Trinajstić information content (AvgIpc) is 3.35. The molecule has 1 aromatic rings. The summed E-state index contributed by atoms with van der Waals surface area (Å²) in [6, 6.07) is 4.74. The molecule has 0 unspecified atom stereocenters. The first-order valence-electron chi connectivity index (χ1n) is 8.17. The monoisotopic (exact) mass is 349 g/mol. The van der Waals surface area contributed by atoms with Crippen LogP contribution in [-0.4, -0.2) is 55.6 Å². The Hall–Kier alpha value is -1.93. The van der Waals surface area contributed by atoms with Crippen LogP contribution in [0, 0.1) is 5.92 Å². The van der Waals surface area contributed by atoms with Crippen LogP contribution in [-0.2, 0) is 26.0 Å². The predicted octanol–water partition coefficient (Wildman–Crippen LogP) is 0.424. The minimum absolute atomic E-state index is 0.119. The number of rotatable bonds is 3. The fraction of sp³-hybridized carbons (Fsp3) is 0.500. The number of carbonyl (C=O) groups is 2. The standard InChI is InChI=1S/C16H19N3O4S/c20-15-10-12-9-13(3-4-14(12)17-15)24(22,23)19-7-5-18(6-8-19)16(21)11-1-2-11/h3-4,9,11H,1-2,5-8,10H2,(H,17,20). The molecule has 24 heavy (non-hydrogen) atoms. The number of amides is 2. The number of piperazine rings is 1. The molecule has 8 heteroatoms. The zero-order valence-corrected chi connectivity index (χ0v) is 14.0. The SMILES string of the molecule is O=C1Cc2cc(S(=O)(=O)N3CCN(C(=O)C4CC4)CC3)ccc2N1. The molecule has 1 aliphatic carbocycles. The summed E-state index contributed by atoms with van der Waals surface area (Å²) in [6.45, 7) is 1.52. The van der Waals surface area contributed by atoms with Crippen molar-refractivity contribution in [3.05, 3.63) is 23.8 Å². The van der Waals surface area contributed by atoms with Gasteiger partial charge in [0.2, 0.25) is 21.8 Å². The van der Waals surface area contributed by atoms with Gasteiger partial charge in [0.15, 0.2) is 0 Å². The van der Waals surface area contributed by atoms with Gasteiger partial charge in [-0.3, -0.25) is 9.59 Å². The summed E-state index contributed by atoms with van der Waals surface area (Å²) in [6.07, 6.45) is 2.13. The summed E-state index contributed by atoms with van der Waals surface area (Å²) in [5.74, 6) is 0.204. The highest BCUT2D eigenvalue weighted by Gasteiger charge is 2.36. The number of benzene rings is 1. The summed E-state index contributed by atoms with van der Waals surface area (Å²) in [5.41, 5.74) is 1.39. The molecular formula is C16H19N3O4S. The van der Waals surface area contributed by atoms with Crippen LogP contribution in [0.5, 0.6) is 0 Å². The topological polar surface area (TPSA) is 86.8 Å². The van der Waals surface area contributed by atoms with Gasteiger partial charge in [0.25, 0.3) is 0 Å². The maximum absolute atomic E-state index is 12.8. The van der Waals surface area contributed by atoms with E-state index in [1.54, 1.807) is 17.0 Å².